The lowest BCUT2D eigenvalue weighted by atomic mass is 13.5. The zero-order valence-corrected chi connectivity index (χ0v) is 4.95. The van der Waals surface area contributed by atoms with Gasteiger partial charge in [0.2, 0.25) is 0 Å². The summed E-state index contributed by atoms with van der Waals surface area (Å²) >= 11 is 0. The molecule has 0 spiro atoms. The standard InChI is InChI=1S/F6N3P/c1-7(2)10(8(3)4)9(5)6. The van der Waals surface area contributed by atoms with Crippen molar-refractivity contribution in [1.29, 1.82) is 0 Å². The van der Waals surface area contributed by atoms with Crippen LogP contribution in [0.1, 0.15) is 0 Å². The molecule has 0 saturated heterocycles. The molecule has 0 unspecified atom stereocenters. The van der Waals surface area contributed by atoms with Gasteiger partial charge in [0.05, 0.1) is 15.3 Å². The molecule has 0 bridgehead atoms. The zero-order chi connectivity index (χ0) is 8.31. The van der Waals surface area contributed by atoms with Crippen molar-refractivity contribution in [2.75, 3.05) is 0 Å². The molecule has 10 heavy (non-hydrogen) atoms. The first-order valence-corrected chi connectivity index (χ1v) is 2.81. The van der Waals surface area contributed by atoms with Gasteiger partial charge in [0, 0.05) is 0 Å². The molecule has 0 rings (SSSR count). The maximum atomic E-state index is 11.0. The van der Waals surface area contributed by atoms with Gasteiger partial charge in [-0.05, 0) is 0 Å². The molecule has 0 heterocycles. The van der Waals surface area contributed by atoms with E-state index in [2.05, 4.69) is 0 Å². The number of rotatable bonds is 3. The van der Waals surface area contributed by atoms with E-state index in [0.29, 0.717) is 0 Å². The molecule has 0 aromatic heterocycles. The Hall–Kier alpha value is -0.110. The minimum absolute atomic E-state index is 2.27. The molecule has 62 valence electrons. The van der Waals surface area contributed by atoms with E-state index in [0.717, 1.165) is 0 Å². The highest BCUT2D eigenvalue weighted by molar-refractivity contribution is 7.48. The summed E-state index contributed by atoms with van der Waals surface area (Å²) in [5.74, 6) is 0. The second-order valence-electron chi connectivity index (χ2n) is 0.914. The number of hydrogen-bond donors (Lipinski definition) is 0. The van der Waals surface area contributed by atoms with Crippen LogP contribution in [0.5, 0.6) is 0 Å². The summed E-state index contributed by atoms with van der Waals surface area (Å²) in [5.41, 5.74) is 0. The third-order valence-electron chi connectivity index (χ3n) is 0.406. The fraction of sp³-hybridized carbons (Fsp3) is 0. The third kappa shape index (κ3) is 2.65. The molecule has 0 amide bonds. The summed E-state index contributed by atoms with van der Waals surface area (Å²) in [4.78, 5) is 0. The summed E-state index contributed by atoms with van der Waals surface area (Å²) < 4.78 is 66.1. The Morgan fingerprint density at radius 2 is 0.800 bits per heavy atom. The fourth-order valence-corrected chi connectivity index (χ4v) is 0.460. The molecule has 0 fully saturated rings. The van der Waals surface area contributed by atoms with Crippen LogP contribution in [-0.4, -0.2) is 15.3 Å². The maximum Gasteiger partial charge on any atom is 0.318 e. The predicted molar refractivity (Wildman–Crippen MR) is 19.1 cm³/mol. The summed E-state index contributed by atoms with van der Waals surface area (Å²) in [5, 5.41) is -6.81. The van der Waals surface area contributed by atoms with Crippen LogP contribution >= 0.6 is 8.37 Å². The van der Waals surface area contributed by atoms with Gasteiger partial charge in [-0.3, -0.25) is 0 Å². The molecule has 0 saturated carbocycles. The Bertz CT molecular complexity index is 74.0. The first-order valence-electron chi connectivity index (χ1n) is 1.61. The van der Waals surface area contributed by atoms with Gasteiger partial charge in [-0.1, -0.05) is 26.9 Å². The van der Waals surface area contributed by atoms with Gasteiger partial charge in [-0.15, -0.1) is 0 Å². The largest absolute Gasteiger partial charge is 0.318 e. The molecule has 10 heteroatoms. The smallest absolute Gasteiger partial charge is 0.0941 e. The predicted octanol–water partition coefficient (Wildman–Crippen LogP) is 2.43. The molecule has 0 atom stereocenters. The average Bonchev–Trinajstić information content (AvgIpc) is 1.59. The molecule has 0 aliphatic carbocycles. The SMILES string of the molecule is FN(F)P(N(F)F)N(F)F. The monoisotopic (exact) mass is 187 g/mol. The highest BCUT2D eigenvalue weighted by atomic mass is 31.2. The first-order chi connectivity index (χ1) is 4.46. The minimum Gasteiger partial charge on any atom is -0.0941 e. The van der Waals surface area contributed by atoms with Crippen LogP contribution in [0.2, 0.25) is 0 Å². The summed E-state index contributed by atoms with van der Waals surface area (Å²) in [6.07, 6.45) is 0. The van der Waals surface area contributed by atoms with E-state index in [1.54, 1.807) is 0 Å². The van der Waals surface area contributed by atoms with E-state index in [1.807, 2.05) is 0 Å². The van der Waals surface area contributed by atoms with Crippen LogP contribution < -0.4 is 0 Å². The summed E-state index contributed by atoms with van der Waals surface area (Å²) in [6.45, 7) is 0. The Morgan fingerprint density at radius 1 is 0.600 bits per heavy atom. The van der Waals surface area contributed by atoms with Crippen molar-refractivity contribution < 1.29 is 26.9 Å². The van der Waals surface area contributed by atoms with Crippen molar-refractivity contribution >= 4 is 8.37 Å². The fourth-order valence-electron chi connectivity index (χ4n) is 0.153. The van der Waals surface area contributed by atoms with E-state index >= 15 is 0 Å². The van der Waals surface area contributed by atoms with E-state index in [-0.39, 0.29) is 0 Å². The highest BCUT2D eigenvalue weighted by Gasteiger charge is 2.37. The second-order valence-corrected chi connectivity index (χ2v) is 2.36. The molecular weight excluding hydrogens is 187 g/mol. The quantitative estimate of drug-likeness (QED) is 0.381. The molecule has 0 aliphatic rings. The van der Waals surface area contributed by atoms with Crippen LogP contribution in [0.15, 0.2) is 0 Å². The van der Waals surface area contributed by atoms with Crippen molar-refractivity contribution in [3.63, 3.8) is 0 Å². The number of hydrogen-bond acceptors (Lipinski definition) is 3. The van der Waals surface area contributed by atoms with Crippen LogP contribution in [0, 0.1) is 0 Å². The lowest BCUT2D eigenvalue weighted by molar-refractivity contribution is -0.159. The van der Waals surface area contributed by atoms with Crippen molar-refractivity contribution in [2.45, 2.75) is 0 Å². The number of halogens is 6. The molecule has 0 aromatic rings. The average molecular weight is 187 g/mol. The molecule has 3 nitrogen and oxygen atoms in total. The zero-order valence-electron chi connectivity index (χ0n) is 4.06. The van der Waals surface area contributed by atoms with Crippen LogP contribution in [0.3, 0.4) is 0 Å². The molecule has 0 aromatic carbocycles. The van der Waals surface area contributed by atoms with Gasteiger partial charge >= 0.3 is 8.37 Å². The lowest BCUT2D eigenvalue weighted by Gasteiger charge is -2.13. The summed E-state index contributed by atoms with van der Waals surface area (Å²) in [6, 6.07) is 0. The second kappa shape index (κ2) is 3.91. The van der Waals surface area contributed by atoms with Crippen LogP contribution in [0.4, 0.5) is 26.9 Å². The van der Waals surface area contributed by atoms with Crippen molar-refractivity contribution in [3.05, 3.63) is 0 Å². The Labute approximate surface area is 51.9 Å². The van der Waals surface area contributed by atoms with E-state index < -0.39 is 23.7 Å². The Balaban J connectivity index is 3.98. The number of nitrogens with zero attached hydrogens (tertiary/aromatic N) is 3. The highest BCUT2D eigenvalue weighted by Crippen LogP contribution is 2.49. The molecule has 0 radical (unpaired) electrons. The van der Waals surface area contributed by atoms with E-state index in [9.17, 15) is 26.9 Å². The van der Waals surface area contributed by atoms with Crippen LogP contribution in [-0.2, 0) is 0 Å². The Kier molecular flexibility index (Phi) is 3.87. The Morgan fingerprint density at radius 3 is 0.800 bits per heavy atom. The molecule has 0 N–H and O–H groups in total. The maximum absolute atomic E-state index is 11.0. The topological polar surface area (TPSA) is 9.72 Å². The van der Waals surface area contributed by atoms with Crippen molar-refractivity contribution in [2.24, 2.45) is 0 Å². The molecule has 0 aliphatic heterocycles. The van der Waals surface area contributed by atoms with Gasteiger partial charge in [0.15, 0.2) is 0 Å². The third-order valence-corrected chi connectivity index (χ3v) is 1.22. The summed E-state index contributed by atoms with van der Waals surface area (Å²) in [7, 11) is -4.24. The molecular formula is F6N3P. The van der Waals surface area contributed by atoms with E-state index in [1.165, 1.54) is 0 Å². The lowest BCUT2D eigenvalue weighted by Crippen LogP contribution is -2.11. The van der Waals surface area contributed by atoms with Gasteiger partial charge in [-0.2, -0.15) is 0 Å². The van der Waals surface area contributed by atoms with Crippen molar-refractivity contribution in [3.8, 4) is 0 Å². The van der Waals surface area contributed by atoms with Crippen molar-refractivity contribution in [1.82, 2.24) is 15.3 Å². The first kappa shape index (κ1) is 9.89. The van der Waals surface area contributed by atoms with Gasteiger partial charge in [-0.25, -0.2) is 0 Å². The normalized spacial score (nSPS) is 12.6. The van der Waals surface area contributed by atoms with Crippen LogP contribution in [0.25, 0.3) is 0 Å². The van der Waals surface area contributed by atoms with Gasteiger partial charge in [0.1, 0.15) is 0 Å². The van der Waals surface area contributed by atoms with Gasteiger partial charge < -0.3 is 0 Å². The minimum atomic E-state index is -4.24. The van der Waals surface area contributed by atoms with Gasteiger partial charge in [0.25, 0.3) is 0 Å². The van der Waals surface area contributed by atoms with E-state index in [4.69, 9.17) is 0 Å².